The lowest BCUT2D eigenvalue weighted by Gasteiger charge is -2.16. The second-order valence-electron chi connectivity index (χ2n) is 5.40. The fraction of sp³-hybridized carbons (Fsp3) is 0.118. The molecule has 3 rings (SSSR count). The summed E-state index contributed by atoms with van der Waals surface area (Å²) < 4.78 is 58.5. The molecule has 0 amide bonds. The van der Waals surface area contributed by atoms with Crippen molar-refractivity contribution in [1.29, 1.82) is 0 Å². The number of hydrogen-bond donors (Lipinski definition) is 1. The summed E-state index contributed by atoms with van der Waals surface area (Å²) in [5.41, 5.74) is -2.05. The van der Waals surface area contributed by atoms with Gasteiger partial charge in [0.15, 0.2) is 11.6 Å². The van der Waals surface area contributed by atoms with Crippen molar-refractivity contribution in [2.24, 2.45) is 0 Å². The van der Waals surface area contributed by atoms with Crippen LogP contribution in [0.4, 0.5) is 17.6 Å². The zero-order valence-electron chi connectivity index (χ0n) is 13.3. The van der Waals surface area contributed by atoms with Gasteiger partial charge in [-0.1, -0.05) is 6.07 Å². The molecule has 0 aliphatic rings. The van der Waals surface area contributed by atoms with Crippen molar-refractivity contribution in [3.8, 4) is 5.75 Å². The molecule has 6 nitrogen and oxygen atoms in total. The van der Waals surface area contributed by atoms with Crippen molar-refractivity contribution in [2.75, 3.05) is 0 Å². The number of ether oxygens (including phenoxy) is 1. The lowest BCUT2D eigenvalue weighted by Crippen LogP contribution is -2.21. The van der Waals surface area contributed by atoms with Crippen LogP contribution in [0.2, 0.25) is 0 Å². The molecule has 0 unspecified atom stereocenters. The molecule has 1 aromatic carbocycles. The van der Waals surface area contributed by atoms with Gasteiger partial charge < -0.3 is 14.4 Å². The van der Waals surface area contributed by atoms with Gasteiger partial charge in [-0.05, 0) is 18.2 Å². The molecule has 140 valence electrons. The van der Waals surface area contributed by atoms with Gasteiger partial charge in [0.05, 0.1) is 23.1 Å². The van der Waals surface area contributed by atoms with E-state index in [0.29, 0.717) is 11.8 Å². The van der Waals surface area contributed by atoms with Crippen LogP contribution >= 0.6 is 0 Å². The van der Waals surface area contributed by atoms with E-state index in [9.17, 15) is 32.3 Å². The molecular formula is C17H10F4N2O4. The van der Waals surface area contributed by atoms with Crippen LogP contribution in [-0.2, 0) is 6.54 Å². The van der Waals surface area contributed by atoms with Gasteiger partial charge in [-0.25, -0.2) is 9.18 Å². The summed E-state index contributed by atoms with van der Waals surface area (Å²) in [7, 11) is 0. The second kappa shape index (κ2) is 7.06. The van der Waals surface area contributed by atoms with Gasteiger partial charge in [-0.15, -0.1) is 0 Å². The Labute approximate surface area is 148 Å². The van der Waals surface area contributed by atoms with E-state index in [1.165, 1.54) is 12.3 Å². The van der Waals surface area contributed by atoms with Crippen molar-refractivity contribution in [1.82, 2.24) is 9.55 Å². The Morgan fingerprint density at radius 3 is 2.63 bits per heavy atom. The third kappa shape index (κ3) is 3.46. The molecule has 3 aromatic rings. The van der Waals surface area contributed by atoms with Crippen LogP contribution < -0.4 is 10.2 Å². The first-order valence-corrected chi connectivity index (χ1v) is 7.42. The van der Waals surface area contributed by atoms with Gasteiger partial charge in [0, 0.05) is 12.4 Å². The first-order valence-electron chi connectivity index (χ1n) is 7.42. The lowest BCUT2D eigenvalue weighted by molar-refractivity contribution is -0.0516. The SMILES string of the molecule is O=C(O)c1cn(Cc2ccccn2)c2c(OC(F)F)c(F)c(F)cc2c1=O. The van der Waals surface area contributed by atoms with E-state index in [2.05, 4.69) is 9.72 Å². The van der Waals surface area contributed by atoms with Gasteiger partial charge in [0.1, 0.15) is 5.56 Å². The molecule has 0 aliphatic heterocycles. The first kappa shape index (κ1) is 18.4. The fourth-order valence-corrected chi connectivity index (χ4v) is 2.62. The summed E-state index contributed by atoms with van der Waals surface area (Å²) in [4.78, 5) is 27.7. The van der Waals surface area contributed by atoms with Crippen molar-refractivity contribution >= 4 is 16.9 Å². The van der Waals surface area contributed by atoms with E-state index < -0.39 is 51.9 Å². The van der Waals surface area contributed by atoms with Gasteiger partial charge >= 0.3 is 12.6 Å². The highest BCUT2D eigenvalue weighted by molar-refractivity contribution is 5.94. The third-order valence-electron chi connectivity index (χ3n) is 3.71. The Hall–Kier alpha value is -3.43. The Kier molecular flexibility index (Phi) is 4.80. The van der Waals surface area contributed by atoms with Crippen LogP contribution in [0.15, 0.2) is 41.5 Å². The van der Waals surface area contributed by atoms with E-state index in [0.717, 1.165) is 10.8 Å². The van der Waals surface area contributed by atoms with E-state index in [4.69, 9.17) is 0 Å². The average Bonchev–Trinajstić information content (AvgIpc) is 2.61. The average molecular weight is 382 g/mol. The molecule has 0 saturated heterocycles. The zero-order chi connectivity index (χ0) is 19.7. The largest absolute Gasteiger partial charge is 0.477 e. The maximum absolute atomic E-state index is 14.1. The van der Waals surface area contributed by atoms with Crippen molar-refractivity contribution in [2.45, 2.75) is 13.2 Å². The van der Waals surface area contributed by atoms with Crippen LogP contribution in [-0.4, -0.2) is 27.2 Å². The van der Waals surface area contributed by atoms with Gasteiger partial charge in [-0.3, -0.25) is 9.78 Å². The summed E-state index contributed by atoms with van der Waals surface area (Å²) in [6.07, 6.45) is 2.27. The van der Waals surface area contributed by atoms with Crippen LogP contribution in [0.25, 0.3) is 10.9 Å². The predicted molar refractivity (Wildman–Crippen MR) is 85.1 cm³/mol. The topological polar surface area (TPSA) is 81.4 Å². The minimum atomic E-state index is -3.50. The number of halogens is 4. The Balaban J connectivity index is 2.40. The van der Waals surface area contributed by atoms with E-state index in [1.807, 2.05) is 0 Å². The molecule has 0 bridgehead atoms. The number of nitrogens with zero attached hydrogens (tertiary/aromatic N) is 2. The Morgan fingerprint density at radius 2 is 2.04 bits per heavy atom. The van der Waals surface area contributed by atoms with Crippen LogP contribution in [0.1, 0.15) is 16.1 Å². The number of alkyl halides is 2. The monoisotopic (exact) mass is 382 g/mol. The van der Waals surface area contributed by atoms with Crippen LogP contribution in [0.5, 0.6) is 5.75 Å². The van der Waals surface area contributed by atoms with Gasteiger partial charge in [0.25, 0.3) is 0 Å². The number of carboxylic acid groups (broad SMARTS) is 1. The number of pyridine rings is 2. The molecule has 10 heteroatoms. The third-order valence-corrected chi connectivity index (χ3v) is 3.71. The summed E-state index contributed by atoms with van der Waals surface area (Å²) >= 11 is 0. The number of carboxylic acids is 1. The maximum Gasteiger partial charge on any atom is 0.387 e. The minimum absolute atomic E-state index is 0.206. The maximum atomic E-state index is 14.1. The number of benzene rings is 1. The number of carbonyl (C=O) groups is 1. The molecule has 1 N–H and O–H groups in total. The quantitative estimate of drug-likeness (QED) is 0.686. The Morgan fingerprint density at radius 1 is 1.30 bits per heavy atom. The van der Waals surface area contributed by atoms with Crippen molar-refractivity contribution < 1.29 is 32.2 Å². The number of fused-ring (bicyclic) bond motifs is 1. The number of aromatic nitrogens is 2. The summed E-state index contributed by atoms with van der Waals surface area (Å²) in [5.74, 6) is -6.15. The van der Waals surface area contributed by atoms with E-state index >= 15 is 0 Å². The normalized spacial score (nSPS) is 11.1. The van der Waals surface area contributed by atoms with Gasteiger partial charge in [0.2, 0.25) is 11.2 Å². The van der Waals surface area contributed by atoms with E-state index in [1.54, 1.807) is 12.1 Å². The highest BCUT2D eigenvalue weighted by Gasteiger charge is 2.25. The second-order valence-corrected chi connectivity index (χ2v) is 5.40. The molecule has 0 aliphatic carbocycles. The molecular weight excluding hydrogens is 372 g/mol. The molecule has 0 atom stereocenters. The number of aromatic carboxylic acids is 1. The standard InChI is InChI=1S/C17H10F4N2O4/c18-11-5-9-13(15(12(11)19)27-17(20)21)23(6-8-3-1-2-4-22-8)7-10(14(9)24)16(25)26/h1-5,7,17H,6H2,(H,25,26). The molecule has 0 saturated carbocycles. The van der Waals surface area contributed by atoms with Crippen molar-refractivity contribution in [3.63, 3.8) is 0 Å². The fourth-order valence-electron chi connectivity index (χ4n) is 2.62. The first-order chi connectivity index (χ1) is 12.8. The summed E-state index contributed by atoms with van der Waals surface area (Å²) in [6.45, 7) is -3.70. The highest BCUT2D eigenvalue weighted by atomic mass is 19.3. The predicted octanol–water partition coefficient (Wildman–Crippen LogP) is 3.02. The van der Waals surface area contributed by atoms with Crippen LogP contribution in [0, 0.1) is 11.6 Å². The summed E-state index contributed by atoms with van der Waals surface area (Å²) in [6, 6.07) is 5.21. The Bertz CT molecular complexity index is 1080. The minimum Gasteiger partial charge on any atom is -0.477 e. The molecule has 0 spiro atoms. The van der Waals surface area contributed by atoms with Crippen molar-refractivity contribution in [3.05, 3.63) is 69.8 Å². The summed E-state index contributed by atoms with van der Waals surface area (Å²) in [5, 5.41) is 8.60. The highest BCUT2D eigenvalue weighted by Crippen LogP contribution is 2.31. The molecule has 0 fully saturated rings. The molecule has 2 aromatic heterocycles. The lowest BCUT2D eigenvalue weighted by atomic mass is 10.1. The van der Waals surface area contributed by atoms with E-state index in [-0.39, 0.29) is 6.54 Å². The number of hydrogen-bond acceptors (Lipinski definition) is 4. The molecule has 27 heavy (non-hydrogen) atoms. The molecule has 0 radical (unpaired) electrons. The molecule has 2 heterocycles. The smallest absolute Gasteiger partial charge is 0.387 e. The zero-order valence-corrected chi connectivity index (χ0v) is 13.3. The van der Waals surface area contributed by atoms with Gasteiger partial charge in [-0.2, -0.15) is 13.2 Å². The number of rotatable bonds is 5. The van der Waals surface area contributed by atoms with Crippen LogP contribution in [0.3, 0.4) is 0 Å².